The summed E-state index contributed by atoms with van der Waals surface area (Å²) in [6.45, 7) is 23.6. The van der Waals surface area contributed by atoms with Gasteiger partial charge in [-0.05, 0) is 53.6 Å². The molecule has 0 amide bonds. The van der Waals surface area contributed by atoms with Gasteiger partial charge in [-0.1, -0.05) is 13.8 Å². The monoisotopic (exact) mass is 345 g/mol. The highest BCUT2D eigenvalue weighted by Gasteiger charge is 2.27. The zero-order chi connectivity index (χ0) is 17.8. The van der Waals surface area contributed by atoms with Crippen molar-refractivity contribution in [3.8, 4) is 0 Å². The van der Waals surface area contributed by atoms with Crippen LogP contribution < -0.4 is 0 Å². The number of nitrogens with zero attached hydrogens (tertiary/aromatic N) is 3. The third kappa shape index (κ3) is 10.3. The highest BCUT2D eigenvalue weighted by Crippen LogP contribution is 2.46. The average molecular weight is 345 g/mol. The van der Waals surface area contributed by atoms with Crippen molar-refractivity contribution in [2.45, 2.75) is 60.0 Å². The van der Waals surface area contributed by atoms with Gasteiger partial charge in [0.05, 0.1) is 6.61 Å². The normalized spacial score (nSPS) is 14.7. The summed E-state index contributed by atoms with van der Waals surface area (Å²) < 4.78 is 14.3. The zero-order valence-electron chi connectivity index (χ0n) is 16.1. The van der Waals surface area contributed by atoms with Crippen LogP contribution in [0.1, 0.15) is 48.0 Å². The van der Waals surface area contributed by atoms with Crippen LogP contribution in [-0.2, 0) is 9.05 Å². The molecule has 0 bridgehead atoms. The second-order valence-electron chi connectivity index (χ2n) is 6.68. The molecule has 0 rings (SSSR count). The second-order valence-corrected chi connectivity index (χ2v) is 8.14. The third-order valence-electron chi connectivity index (χ3n) is 3.35. The van der Waals surface area contributed by atoms with E-state index in [1.54, 1.807) is 0 Å². The molecule has 2 unspecified atom stereocenters. The van der Waals surface area contributed by atoms with Crippen molar-refractivity contribution in [3.63, 3.8) is 0 Å². The van der Waals surface area contributed by atoms with Gasteiger partial charge in [-0.3, -0.25) is 0 Å². The molecule has 6 heteroatoms. The maximum atomic E-state index is 6.90. The molecular formula is C17H36N3O2P. The molecule has 0 fully saturated rings. The van der Waals surface area contributed by atoms with E-state index in [-0.39, 0.29) is 0 Å². The van der Waals surface area contributed by atoms with Crippen LogP contribution in [-0.4, -0.2) is 61.5 Å². The molecule has 0 spiro atoms. The fourth-order valence-corrected chi connectivity index (χ4v) is 4.27. The minimum atomic E-state index is -1.11. The van der Waals surface area contributed by atoms with Gasteiger partial charge < -0.3 is 18.8 Å². The molecule has 0 aliphatic carbocycles. The molecule has 2 atom stereocenters. The summed E-state index contributed by atoms with van der Waals surface area (Å²) in [6.07, 6.45) is 1.17. The summed E-state index contributed by atoms with van der Waals surface area (Å²) in [4.78, 5) is 5.71. The summed E-state index contributed by atoms with van der Waals surface area (Å²) in [5.41, 5.74) is 0. The van der Waals surface area contributed by atoms with Gasteiger partial charge in [-0.15, -0.1) is 0 Å². The van der Waals surface area contributed by atoms with Crippen LogP contribution in [0.5, 0.6) is 0 Å². The van der Waals surface area contributed by atoms with E-state index in [0.717, 1.165) is 13.1 Å². The van der Waals surface area contributed by atoms with Gasteiger partial charge in [-0.25, -0.2) is 11.2 Å². The Balaban J connectivity index is 4.59. The maximum absolute atomic E-state index is 6.90. The Bertz CT molecular complexity index is 326. The summed E-state index contributed by atoms with van der Waals surface area (Å²) >= 11 is 0. The topological polar surface area (TPSA) is 29.3 Å². The van der Waals surface area contributed by atoms with E-state index in [0.29, 0.717) is 37.8 Å². The molecule has 0 saturated heterocycles. The molecule has 0 saturated carbocycles. The molecule has 0 aliphatic heterocycles. The predicted molar refractivity (Wildman–Crippen MR) is 99.4 cm³/mol. The Hall–Kier alpha value is -0.240. The standard InChI is InChI=1S/C17H36N3O2P/c1-9-11-19(8)13-17(6)14-22-23(21-12-10-18-7)20(15(2)3)16(4)5/h15-17H,9-14H2,1-6,8H3. The average Bonchev–Trinajstić information content (AvgIpc) is 2.44. The fraction of sp³-hybridized carbons (Fsp3) is 0.941. The third-order valence-corrected chi connectivity index (χ3v) is 5.42. The lowest BCUT2D eigenvalue weighted by Crippen LogP contribution is -2.34. The molecule has 5 nitrogen and oxygen atoms in total. The van der Waals surface area contributed by atoms with E-state index in [1.165, 1.54) is 6.42 Å². The minimum Gasteiger partial charge on any atom is -0.322 e. The smallest absolute Gasteiger partial charge is 0.259 e. The van der Waals surface area contributed by atoms with Crippen LogP contribution in [0.25, 0.3) is 4.85 Å². The van der Waals surface area contributed by atoms with Crippen LogP contribution in [0.3, 0.4) is 0 Å². The summed E-state index contributed by atoms with van der Waals surface area (Å²) in [7, 11) is 1.05. The maximum Gasteiger partial charge on any atom is 0.259 e. The lowest BCUT2D eigenvalue weighted by Gasteiger charge is -2.36. The predicted octanol–water partition coefficient (Wildman–Crippen LogP) is 4.26. The van der Waals surface area contributed by atoms with Crippen molar-refractivity contribution in [3.05, 3.63) is 11.4 Å². The van der Waals surface area contributed by atoms with E-state index >= 15 is 0 Å². The van der Waals surface area contributed by atoms with Crippen molar-refractivity contribution in [1.82, 2.24) is 9.57 Å². The molecule has 23 heavy (non-hydrogen) atoms. The summed E-state index contributed by atoms with van der Waals surface area (Å²) in [5, 5.41) is 0. The molecule has 0 aromatic rings. The first kappa shape index (κ1) is 22.8. The number of hydrogen-bond acceptors (Lipinski definition) is 4. The highest BCUT2D eigenvalue weighted by atomic mass is 31.2. The summed E-state index contributed by atoms with van der Waals surface area (Å²) in [5.74, 6) is 0.460. The zero-order valence-corrected chi connectivity index (χ0v) is 17.0. The molecular weight excluding hydrogens is 309 g/mol. The van der Waals surface area contributed by atoms with Gasteiger partial charge >= 0.3 is 0 Å². The van der Waals surface area contributed by atoms with Crippen LogP contribution in [0.2, 0.25) is 0 Å². The molecule has 0 aromatic carbocycles. The Morgan fingerprint density at radius 2 is 1.70 bits per heavy atom. The SMILES string of the molecule is [C-]#[N+]CCOP(OCC(C)CN(C)CCC)N(C(C)C)C(C)C. The molecule has 0 heterocycles. The van der Waals surface area contributed by atoms with Gasteiger partial charge in [-0.2, -0.15) is 0 Å². The van der Waals surface area contributed by atoms with Crippen LogP contribution >= 0.6 is 8.53 Å². The fourth-order valence-electron chi connectivity index (χ4n) is 2.56. The van der Waals surface area contributed by atoms with Gasteiger partial charge in [0.25, 0.3) is 8.53 Å². The largest absolute Gasteiger partial charge is 0.322 e. The van der Waals surface area contributed by atoms with Crippen molar-refractivity contribution in [2.24, 2.45) is 5.92 Å². The molecule has 0 radical (unpaired) electrons. The Morgan fingerprint density at radius 1 is 1.09 bits per heavy atom. The van der Waals surface area contributed by atoms with Crippen molar-refractivity contribution < 1.29 is 9.05 Å². The lowest BCUT2D eigenvalue weighted by atomic mass is 10.2. The van der Waals surface area contributed by atoms with Gasteiger partial charge in [0.2, 0.25) is 6.54 Å². The van der Waals surface area contributed by atoms with Crippen LogP contribution in [0.4, 0.5) is 0 Å². The van der Waals surface area contributed by atoms with E-state index in [2.05, 4.69) is 63.0 Å². The van der Waals surface area contributed by atoms with Gasteiger partial charge in [0, 0.05) is 18.6 Å². The molecule has 0 aromatic heterocycles. The van der Waals surface area contributed by atoms with Gasteiger partial charge in [0.15, 0.2) is 0 Å². The van der Waals surface area contributed by atoms with Crippen molar-refractivity contribution >= 4 is 8.53 Å². The molecule has 136 valence electrons. The van der Waals surface area contributed by atoms with E-state index < -0.39 is 8.53 Å². The Kier molecular flexibility index (Phi) is 13.0. The first-order valence-corrected chi connectivity index (χ1v) is 9.82. The summed E-state index contributed by atoms with van der Waals surface area (Å²) in [6, 6.07) is 0.708. The number of hydrogen-bond donors (Lipinski definition) is 0. The Labute approximate surface area is 145 Å². The van der Waals surface area contributed by atoms with Gasteiger partial charge in [0.1, 0.15) is 6.61 Å². The lowest BCUT2D eigenvalue weighted by molar-refractivity contribution is 0.150. The van der Waals surface area contributed by atoms with Crippen LogP contribution in [0.15, 0.2) is 0 Å². The van der Waals surface area contributed by atoms with Crippen LogP contribution in [0, 0.1) is 12.5 Å². The minimum absolute atomic E-state index is 0.354. The van der Waals surface area contributed by atoms with E-state index in [1.807, 2.05) is 0 Å². The first-order valence-electron chi connectivity index (χ1n) is 8.69. The van der Waals surface area contributed by atoms with Crippen molar-refractivity contribution in [1.29, 1.82) is 0 Å². The second kappa shape index (κ2) is 13.1. The molecule has 0 N–H and O–H groups in total. The number of rotatable bonds is 13. The quantitative estimate of drug-likeness (QED) is 0.283. The molecule has 0 aliphatic rings. The van der Waals surface area contributed by atoms with Crippen molar-refractivity contribution in [2.75, 3.05) is 39.9 Å². The van der Waals surface area contributed by atoms with E-state index in [4.69, 9.17) is 15.6 Å². The first-order chi connectivity index (χ1) is 10.8. The Morgan fingerprint density at radius 3 is 2.17 bits per heavy atom. The highest BCUT2D eigenvalue weighted by molar-refractivity contribution is 7.44. The van der Waals surface area contributed by atoms with E-state index in [9.17, 15) is 0 Å².